The van der Waals surface area contributed by atoms with Gasteiger partial charge in [-0.3, -0.25) is 4.79 Å². The van der Waals surface area contributed by atoms with Crippen LogP contribution < -0.4 is 11.1 Å². The van der Waals surface area contributed by atoms with Crippen molar-refractivity contribution < 1.29 is 23.9 Å². The first-order valence-corrected chi connectivity index (χ1v) is 13.4. The summed E-state index contributed by atoms with van der Waals surface area (Å²) in [7, 11) is 0. The summed E-state index contributed by atoms with van der Waals surface area (Å²) in [4.78, 5) is 40.5. The van der Waals surface area contributed by atoms with Gasteiger partial charge in [-0.1, -0.05) is 78.9 Å². The van der Waals surface area contributed by atoms with Gasteiger partial charge >= 0.3 is 12.2 Å². The van der Waals surface area contributed by atoms with E-state index in [0.29, 0.717) is 12.8 Å². The molecule has 2 aliphatic heterocycles. The van der Waals surface area contributed by atoms with E-state index in [1.54, 1.807) is 4.90 Å². The third-order valence-corrected chi connectivity index (χ3v) is 8.36. The van der Waals surface area contributed by atoms with Crippen LogP contribution in [0.25, 0.3) is 11.1 Å². The lowest BCUT2D eigenvalue weighted by Gasteiger charge is -2.44. The number of nitrogens with one attached hydrogen (secondary N) is 1. The minimum absolute atomic E-state index is 0.0925. The fourth-order valence-electron chi connectivity index (χ4n) is 6.54. The number of hydrogen-bond donors (Lipinski definition) is 2. The highest BCUT2D eigenvalue weighted by atomic mass is 16.6. The number of hydrogen-bond acceptors (Lipinski definition) is 5. The van der Waals surface area contributed by atoms with Crippen LogP contribution in [-0.2, 0) is 20.9 Å². The Labute approximate surface area is 227 Å². The molecule has 2 atom stereocenters. The molecule has 0 aromatic heterocycles. The summed E-state index contributed by atoms with van der Waals surface area (Å²) in [5.41, 5.74) is 9.97. The highest BCUT2D eigenvalue weighted by molar-refractivity contribution is 5.89. The van der Waals surface area contributed by atoms with Crippen LogP contribution in [0, 0.1) is 0 Å². The Kier molecular flexibility index (Phi) is 6.46. The molecular weight excluding hydrogens is 494 g/mol. The van der Waals surface area contributed by atoms with Crippen LogP contribution in [0.15, 0.2) is 78.9 Å². The van der Waals surface area contributed by atoms with Crippen LogP contribution in [0.1, 0.15) is 48.3 Å². The monoisotopic (exact) mass is 525 g/mol. The molecule has 2 unspecified atom stereocenters. The predicted molar refractivity (Wildman–Crippen MR) is 145 cm³/mol. The van der Waals surface area contributed by atoms with Crippen molar-refractivity contribution in [2.24, 2.45) is 5.73 Å². The van der Waals surface area contributed by atoms with Gasteiger partial charge in [0.1, 0.15) is 18.8 Å². The lowest BCUT2D eigenvalue weighted by molar-refractivity contribution is -0.127. The maximum atomic E-state index is 13.1. The van der Waals surface area contributed by atoms with Gasteiger partial charge in [0.25, 0.3) is 0 Å². The number of alkyl carbamates (subject to hydrolysis) is 1. The summed E-state index contributed by atoms with van der Waals surface area (Å²) in [6, 6.07) is 25.2. The van der Waals surface area contributed by atoms with Crippen molar-refractivity contribution >= 4 is 18.1 Å². The van der Waals surface area contributed by atoms with Crippen LogP contribution in [-0.4, -0.2) is 47.2 Å². The Morgan fingerprint density at radius 3 is 1.97 bits per heavy atom. The van der Waals surface area contributed by atoms with Crippen molar-refractivity contribution in [3.05, 3.63) is 95.6 Å². The van der Waals surface area contributed by atoms with E-state index >= 15 is 0 Å². The Balaban J connectivity index is 1.11. The molecule has 1 aliphatic carbocycles. The molecule has 8 nitrogen and oxygen atoms in total. The zero-order valence-corrected chi connectivity index (χ0v) is 21.5. The van der Waals surface area contributed by atoms with Gasteiger partial charge in [-0.2, -0.15) is 0 Å². The molecule has 3 aliphatic rings. The fraction of sp³-hybridized carbons (Fsp3) is 0.323. The number of nitrogens with two attached hydrogens (primary N) is 1. The lowest BCUT2D eigenvalue weighted by atomic mass is 9.82. The molecule has 6 rings (SSSR count). The Hall–Kier alpha value is -4.33. The van der Waals surface area contributed by atoms with Gasteiger partial charge in [-0.25, -0.2) is 9.59 Å². The second-order valence-electron chi connectivity index (χ2n) is 10.6. The van der Waals surface area contributed by atoms with E-state index < -0.39 is 23.6 Å². The van der Waals surface area contributed by atoms with E-state index in [1.165, 1.54) is 0 Å². The smallest absolute Gasteiger partial charge is 0.410 e. The molecule has 3 amide bonds. The molecule has 2 bridgehead atoms. The van der Waals surface area contributed by atoms with Gasteiger partial charge in [-0.05, 0) is 40.7 Å². The largest absolute Gasteiger partial charge is 0.449 e. The summed E-state index contributed by atoms with van der Waals surface area (Å²) in [6.45, 7) is 0.314. The van der Waals surface area contributed by atoms with Gasteiger partial charge in [0.05, 0.1) is 0 Å². The topological polar surface area (TPSA) is 111 Å². The normalized spacial score (nSPS) is 23.0. The minimum Gasteiger partial charge on any atom is -0.449 e. The summed E-state index contributed by atoms with van der Waals surface area (Å²) >= 11 is 0. The molecule has 3 aromatic carbocycles. The molecule has 2 heterocycles. The summed E-state index contributed by atoms with van der Waals surface area (Å²) < 4.78 is 11.3. The maximum absolute atomic E-state index is 13.1. The molecule has 8 heteroatoms. The van der Waals surface area contributed by atoms with Crippen LogP contribution in [0.2, 0.25) is 0 Å². The number of fused-ring (bicyclic) bond motifs is 5. The average Bonchev–Trinajstić information content (AvgIpc) is 3.42. The number of carbonyl (C=O) groups excluding carboxylic acids is 3. The molecule has 2 saturated heterocycles. The molecule has 3 N–H and O–H groups in total. The van der Waals surface area contributed by atoms with Crippen molar-refractivity contribution in [2.75, 3.05) is 6.61 Å². The van der Waals surface area contributed by atoms with Crippen LogP contribution >= 0.6 is 0 Å². The first-order chi connectivity index (χ1) is 18.9. The molecule has 200 valence electrons. The van der Waals surface area contributed by atoms with E-state index in [0.717, 1.165) is 27.8 Å². The summed E-state index contributed by atoms with van der Waals surface area (Å²) in [5, 5.41) is 2.81. The minimum atomic E-state index is -1.29. The second kappa shape index (κ2) is 10.1. The highest BCUT2D eigenvalue weighted by Crippen LogP contribution is 2.45. The predicted octanol–water partition coefficient (Wildman–Crippen LogP) is 4.71. The average molecular weight is 526 g/mol. The summed E-state index contributed by atoms with van der Waals surface area (Å²) in [6.07, 6.45) is 0.784. The summed E-state index contributed by atoms with van der Waals surface area (Å²) in [5.74, 6) is -0.713. The fourth-order valence-corrected chi connectivity index (χ4v) is 6.54. The molecule has 0 radical (unpaired) electrons. The number of benzene rings is 3. The number of nitrogens with zero attached hydrogens (tertiary/aromatic N) is 1. The van der Waals surface area contributed by atoms with Crippen molar-refractivity contribution in [1.82, 2.24) is 10.2 Å². The SMILES string of the molecule is NC(=O)C1(NC(=O)OCC2c3ccccc3-c3ccccc32)CC2CCC(C1)N2C(=O)OCc1ccccc1. The van der Waals surface area contributed by atoms with Gasteiger partial charge < -0.3 is 25.4 Å². The number of amides is 3. The Bertz CT molecular complexity index is 1350. The van der Waals surface area contributed by atoms with Gasteiger partial charge in [0.15, 0.2) is 0 Å². The molecule has 39 heavy (non-hydrogen) atoms. The maximum Gasteiger partial charge on any atom is 0.410 e. The Morgan fingerprint density at radius 1 is 0.821 bits per heavy atom. The van der Waals surface area contributed by atoms with Crippen LogP contribution in [0.3, 0.4) is 0 Å². The molecular formula is C31H31N3O5. The number of piperidine rings is 1. The Morgan fingerprint density at radius 2 is 1.38 bits per heavy atom. The lowest BCUT2D eigenvalue weighted by Crippen LogP contribution is -2.65. The van der Waals surface area contributed by atoms with E-state index in [1.807, 2.05) is 54.6 Å². The van der Waals surface area contributed by atoms with Crippen molar-refractivity contribution in [2.45, 2.75) is 55.8 Å². The standard InChI is InChI=1S/C31H31N3O5/c32-28(35)31(16-21-14-15-22(17-31)34(21)30(37)39-18-20-8-2-1-3-9-20)33-29(36)38-19-27-25-12-6-4-10-23(25)24-11-5-7-13-26(24)27/h1-13,21-22,27H,14-19H2,(H2,32,35)(H,33,36). The zero-order chi connectivity index (χ0) is 27.0. The van der Waals surface area contributed by atoms with E-state index in [-0.39, 0.29) is 44.1 Å². The number of ether oxygens (including phenoxy) is 2. The first-order valence-electron chi connectivity index (χ1n) is 13.4. The van der Waals surface area contributed by atoms with E-state index in [2.05, 4.69) is 29.6 Å². The third-order valence-electron chi connectivity index (χ3n) is 8.36. The van der Waals surface area contributed by atoms with Crippen molar-refractivity contribution in [1.29, 1.82) is 0 Å². The first kappa shape index (κ1) is 25.0. The van der Waals surface area contributed by atoms with Gasteiger partial charge in [0.2, 0.25) is 5.91 Å². The van der Waals surface area contributed by atoms with E-state index in [9.17, 15) is 14.4 Å². The van der Waals surface area contributed by atoms with Gasteiger partial charge in [0, 0.05) is 30.8 Å². The molecule has 2 fully saturated rings. The molecule has 0 spiro atoms. The van der Waals surface area contributed by atoms with Crippen molar-refractivity contribution in [3.63, 3.8) is 0 Å². The highest BCUT2D eigenvalue weighted by Gasteiger charge is 2.54. The number of primary amides is 1. The molecule has 0 saturated carbocycles. The van der Waals surface area contributed by atoms with Gasteiger partial charge in [-0.15, -0.1) is 0 Å². The second-order valence-corrected chi connectivity index (χ2v) is 10.6. The number of carbonyl (C=O) groups is 3. The quantitative estimate of drug-likeness (QED) is 0.484. The van der Waals surface area contributed by atoms with E-state index in [4.69, 9.17) is 15.2 Å². The van der Waals surface area contributed by atoms with Crippen LogP contribution in [0.4, 0.5) is 9.59 Å². The zero-order valence-electron chi connectivity index (χ0n) is 21.5. The van der Waals surface area contributed by atoms with Crippen molar-refractivity contribution in [3.8, 4) is 11.1 Å². The number of rotatable bonds is 6. The van der Waals surface area contributed by atoms with Crippen LogP contribution in [0.5, 0.6) is 0 Å². The third kappa shape index (κ3) is 4.60. The molecule has 3 aromatic rings.